The molecule has 3 aromatic rings. The SMILES string of the molecule is COc1cc(CNC(=O)CSCc2cc(=O)n3ccsc3n2)ccc1C. The zero-order chi connectivity index (χ0) is 18.5. The molecule has 0 saturated heterocycles. The molecule has 8 heteroatoms. The summed E-state index contributed by atoms with van der Waals surface area (Å²) in [6.45, 7) is 2.43. The van der Waals surface area contributed by atoms with E-state index in [1.54, 1.807) is 13.3 Å². The smallest absolute Gasteiger partial charge is 0.258 e. The number of fused-ring (bicyclic) bond motifs is 1. The van der Waals surface area contributed by atoms with Crippen LogP contribution < -0.4 is 15.6 Å². The molecule has 0 bridgehead atoms. The Balaban J connectivity index is 1.48. The standard InChI is InChI=1S/C18H19N3O3S2/c1-12-3-4-13(7-15(12)24-2)9-19-16(22)11-25-10-14-8-17(23)21-5-6-26-18(21)20-14/h3-8H,9-11H2,1-2H3,(H,19,22). The summed E-state index contributed by atoms with van der Waals surface area (Å²) < 4.78 is 6.81. The summed E-state index contributed by atoms with van der Waals surface area (Å²) in [5.41, 5.74) is 2.65. The summed E-state index contributed by atoms with van der Waals surface area (Å²) in [5, 5.41) is 4.72. The molecular weight excluding hydrogens is 370 g/mol. The van der Waals surface area contributed by atoms with Crippen LogP contribution in [-0.2, 0) is 17.1 Å². The van der Waals surface area contributed by atoms with Crippen molar-refractivity contribution in [3.05, 3.63) is 63.0 Å². The van der Waals surface area contributed by atoms with E-state index in [1.165, 1.54) is 33.6 Å². The fourth-order valence-electron chi connectivity index (χ4n) is 2.44. The summed E-state index contributed by atoms with van der Waals surface area (Å²) in [6, 6.07) is 7.39. The number of hydrogen-bond acceptors (Lipinski definition) is 6. The lowest BCUT2D eigenvalue weighted by atomic mass is 10.1. The highest BCUT2D eigenvalue weighted by atomic mass is 32.2. The van der Waals surface area contributed by atoms with E-state index in [1.807, 2.05) is 30.5 Å². The monoisotopic (exact) mass is 389 g/mol. The molecule has 0 fully saturated rings. The highest BCUT2D eigenvalue weighted by Crippen LogP contribution is 2.19. The average Bonchev–Trinajstić information content (AvgIpc) is 3.10. The first-order valence-electron chi connectivity index (χ1n) is 8.00. The number of benzene rings is 1. The topological polar surface area (TPSA) is 72.7 Å². The number of aromatic nitrogens is 2. The fourth-order valence-corrected chi connectivity index (χ4v) is 3.92. The van der Waals surface area contributed by atoms with E-state index in [-0.39, 0.29) is 11.5 Å². The Morgan fingerprint density at radius 2 is 2.23 bits per heavy atom. The molecule has 2 aromatic heterocycles. The molecule has 3 rings (SSSR count). The zero-order valence-corrected chi connectivity index (χ0v) is 16.2. The molecule has 0 aliphatic carbocycles. The van der Waals surface area contributed by atoms with Crippen molar-refractivity contribution in [3.8, 4) is 5.75 Å². The van der Waals surface area contributed by atoms with E-state index in [0.717, 1.165) is 16.9 Å². The number of rotatable bonds is 7. The molecule has 1 N–H and O–H groups in total. The van der Waals surface area contributed by atoms with Crippen molar-refractivity contribution in [1.82, 2.24) is 14.7 Å². The van der Waals surface area contributed by atoms with Crippen molar-refractivity contribution in [1.29, 1.82) is 0 Å². The van der Waals surface area contributed by atoms with Crippen LogP contribution in [0.25, 0.3) is 4.96 Å². The van der Waals surface area contributed by atoms with Gasteiger partial charge in [-0.05, 0) is 24.1 Å². The third-order valence-electron chi connectivity index (χ3n) is 3.80. The highest BCUT2D eigenvalue weighted by Gasteiger charge is 2.07. The maximum absolute atomic E-state index is 12.0. The van der Waals surface area contributed by atoms with Crippen molar-refractivity contribution in [2.24, 2.45) is 0 Å². The van der Waals surface area contributed by atoms with Gasteiger partial charge in [-0.15, -0.1) is 23.1 Å². The van der Waals surface area contributed by atoms with Crippen LogP contribution in [0.5, 0.6) is 5.75 Å². The molecular formula is C18H19N3O3S2. The largest absolute Gasteiger partial charge is 0.496 e. The van der Waals surface area contributed by atoms with Crippen LogP contribution in [-0.4, -0.2) is 28.2 Å². The van der Waals surface area contributed by atoms with Gasteiger partial charge < -0.3 is 10.1 Å². The third-order valence-corrected chi connectivity index (χ3v) is 5.52. The van der Waals surface area contributed by atoms with Crippen LogP contribution in [0.1, 0.15) is 16.8 Å². The Labute approximate surface area is 159 Å². The Kier molecular flexibility index (Phi) is 5.95. The number of aryl methyl sites for hydroxylation is 1. The van der Waals surface area contributed by atoms with Gasteiger partial charge in [0.15, 0.2) is 4.96 Å². The van der Waals surface area contributed by atoms with Gasteiger partial charge in [-0.1, -0.05) is 12.1 Å². The predicted molar refractivity (Wildman–Crippen MR) is 105 cm³/mol. The highest BCUT2D eigenvalue weighted by molar-refractivity contribution is 7.99. The van der Waals surface area contributed by atoms with Crippen molar-refractivity contribution < 1.29 is 9.53 Å². The van der Waals surface area contributed by atoms with E-state index in [0.29, 0.717) is 28.7 Å². The van der Waals surface area contributed by atoms with Crippen LogP contribution in [0.15, 0.2) is 40.6 Å². The molecule has 0 atom stereocenters. The average molecular weight is 390 g/mol. The van der Waals surface area contributed by atoms with Crippen LogP contribution in [0.4, 0.5) is 0 Å². The summed E-state index contributed by atoms with van der Waals surface area (Å²) in [6.07, 6.45) is 1.71. The summed E-state index contributed by atoms with van der Waals surface area (Å²) in [5.74, 6) is 1.60. The van der Waals surface area contributed by atoms with Crippen molar-refractivity contribution >= 4 is 34.0 Å². The van der Waals surface area contributed by atoms with E-state index in [2.05, 4.69) is 10.3 Å². The number of thioether (sulfide) groups is 1. The molecule has 6 nitrogen and oxygen atoms in total. The van der Waals surface area contributed by atoms with Crippen molar-refractivity contribution in [2.75, 3.05) is 12.9 Å². The number of amides is 1. The van der Waals surface area contributed by atoms with Gasteiger partial charge in [-0.3, -0.25) is 14.0 Å². The van der Waals surface area contributed by atoms with E-state index in [9.17, 15) is 9.59 Å². The molecule has 0 spiro atoms. The van der Waals surface area contributed by atoms with Gasteiger partial charge in [0, 0.05) is 29.9 Å². The number of carbonyl (C=O) groups excluding carboxylic acids is 1. The molecule has 136 valence electrons. The maximum atomic E-state index is 12.0. The minimum atomic E-state index is -0.0929. The van der Waals surface area contributed by atoms with Gasteiger partial charge in [0.2, 0.25) is 5.91 Å². The number of hydrogen-bond donors (Lipinski definition) is 1. The summed E-state index contributed by atoms with van der Waals surface area (Å²) in [4.78, 5) is 29.0. The summed E-state index contributed by atoms with van der Waals surface area (Å²) in [7, 11) is 1.63. The maximum Gasteiger partial charge on any atom is 0.258 e. The van der Waals surface area contributed by atoms with Gasteiger partial charge >= 0.3 is 0 Å². The van der Waals surface area contributed by atoms with Gasteiger partial charge in [0.05, 0.1) is 18.6 Å². The lowest BCUT2D eigenvalue weighted by Gasteiger charge is -2.09. The first-order valence-corrected chi connectivity index (χ1v) is 10.0. The van der Waals surface area contributed by atoms with Gasteiger partial charge in [-0.2, -0.15) is 0 Å². The lowest BCUT2D eigenvalue weighted by Crippen LogP contribution is -2.24. The Morgan fingerprint density at radius 3 is 3.04 bits per heavy atom. The Morgan fingerprint density at radius 1 is 1.38 bits per heavy atom. The molecule has 0 unspecified atom stereocenters. The number of methoxy groups -OCH3 is 1. The quantitative estimate of drug-likeness (QED) is 0.672. The molecule has 0 saturated carbocycles. The van der Waals surface area contributed by atoms with E-state index in [4.69, 9.17) is 4.74 Å². The minimum absolute atomic E-state index is 0.0523. The number of carbonyl (C=O) groups is 1. The molecule has 0 radical (unpaired) electrons. The van der Waals surface area contributed by atoms with Crippen LogP contribution in [0, 0.1) is 6.92 Å². The zero-order valence-electron chi connectivity index (χ0n) is 14.5. The first-order chi connectivity index (χ1) is 12.6. The molecule has 0 aliphatic rings. The minimum Gasteiger partial charge on any atom is -0.496 e. The normalized spacial score (nSPS) is 10.8. The second-order valence-electron chi connectivity index (χ2n) is 5.71. The number of ether oxygens (including phenoxy) is 1. The van der Waals surface area contributed by atoms with Crippen molar-refractivity contribution in [3.63, 3.8) is 0 Å². The third kappa shape index (κ3) is 4.44. The Hall–Kier alpha value is -2.32. The van der Waals surface area contributed by atoms with Gasteiger partial charge in [-0.25, -0.2) is 4.98 Å². The van der Waals surface area contributed by atoms with Crippen LogP contribution in [0.2, 0.25) is 0 Å². The number of thiazole rings is 1. The molecule has 0 aliphatic heterocycles. The predicted octanol–water partition coefficient (Wildman–Crippen LogP) is 2.62. The first kappa shape index (κ1) is 18.5. The van der Waals surface area contributed by atoms with Gasteiger partial charge in [0.1, 0.15) is 5.75 Å². The Bertz CT molecular complexity index is 981. The molecule has 26 heavy (non-hydrogen) atoms. The van der Waals surface area contributed by atoms with Gasteiger partial charge in [0.25, 0.3) is 5.56 Å². The lowest BCUT2D eigenvalue weighted by molar-refractivity contribution is -0.118. The van der Waals surface area contributed by atoms with Crippen LogP contribution >= 0.6 is 23.1 Å². The second-order valence-corrected chi connectivity index (χ2v) is 7.57. The second kappa shape index (κ2) is 8.37. The summed E-state index contributed by atoms with van der Waals surface area (Å²) >= 11 is 2.85. The van der Waals surface area contributed by atoms with Crippen LogP contribution in [0.3, 0.4) is 0 Å². The van der Waals surface area contributed by atoms with E-state index >= 15 is 0 Å². The molecule has 1 aromatic carbocycles. The molecule has 1 amide bonds. The van der Waals surface area contributed by atoms with E-state index < -0.39 is 0 Å². The number of nitrogens with zero attached hydrogens (tertiary/aromatic N) is 2. The fraction of sp³-hybridized carbons (Fsp3) is 0.278. The van der Waals surface area contributed by atoms with Crippen molar-refractivity contribution in [2.45, 2.75) is 19.2 Å². The number of nitrogens with one attached hydrogen (secondary N) is 1. The molecule has 2 heterocycles.